The van der Waals surface area contributed by atoms with Crippen molar-refractivity contribution in [1.82, 2.24) is 14.4 Å². The summed E-state index contributed by atoms with van der Waals surface area (Å²) >= 11 is 3.40. The Morgan fingerprint density at radius 2 is 2.28 bits per heavy atom. The maximum Gasteiger partial charge on any atom is 0.358 e. The standard InChI is InChI=1S/C12H12BrN3O2/c1-2-18-12(17)9-6-16-5-8(7-3-4-7)14-10(13)11(16)15-9/h5-7H,2-4H2,1H3. The highest BCUT2D eigenvalue weighted by Gasteiger charge is 2.26. The van der Waals surface area contributed by atoms with E-state index in [9.17, 15) is 4.79 Å². The fourth-order valence-corrected chi connectivity index (χ4v) is 2.36. The molecule has 2 aromatic rings. The first-order valence-electron chi connectivity index (χ1n) is 5.91. The Hall–Kier alpha value is -1.43. The van der Waals surface area contributed by atoms with Crippen molar-refractivity contribution in [3.63, 3.8) is 0 Å². The second kappa shape index (κ2) is 4.35. The number of nitrogens with zero attached hydrogens (tertiary/aromatic N) is 3. The van der Waals surface area contributed by atoms with E-state index in [0.717, 1.165) is 5.69 Å². The zero-order valence-corrected chi connectivity index (χ0v) is 11.5. The van der Waals surface area contributed by atoms with Crippen LogP contribution >= 0.6 is 15.9 Å². The van der Waals surface area contributed by atoms with Crippen molar-refractivity contribution >= 4 is 27.5 Å². The summed E-state index contributed by atoms with van der Waals surface area (Å²) in [6.07, 6.45) is 5.99. The summed E-state index contributed by atoms with van der Waals surface area (Å²) < 4.78 is 7.44. The van der Waals surface area contributed by atoms with Gasteiger partial charge in [-0.15, -0.1) is 0 Å². The van der Waals surface area contributed by atoms with Crippen molar-refractivity contribution < 1.29 is 9.53 Å². The molecule has 1 saturated carbocycles. The highest BCUT2D eigenvalue weighted by Crippen LogP contribution is 2.39. The van der Waals surface area contributed by atoms with Crippen LogP contribution in [0, 0.1) is 0 Å². The molecule has 0 N–H and O–H groups in total. The van der Waals surface area contributed by atoms with E-state index in [1.807, 2.05) is 10.6 Å². The van der Waals surface area contributed by atoms with Gasteiger partial charge in [0.15, 0.2) is 11.3 Å². The average molecular weight is 310 g/mol. The molecule has 3 rings (SSSR count). The van der Waals surface area contributed by atoms with Crippen LogP contribution < -0.4 is 0 Å². The third-order valence-electron chi connectivity index (χ3n) is 2.90. The second-order valence-corrected chi connectivity index (χ2v) is 5.06. The van der Waals surface area contributed by atoms with Gasteiger partial charge in [0.25, 0.3) is 0 Å². The third kappa shape index (κ3) is 2.01. The zero-order chi connectivity index (χ0) is 12.7. The van der Waals surface area contributed by atoms with Crippen molar-refractivity contribution in [3.8, 4) is 0 Å². The molecule has 0 atom stereocenters. The van der Waals surface area contributed by atoms with Crippen molar-refractivity contribution in [2.45, 2.75) is 25.7 Å². The molecule has 6 heteroatoms. The summed E-state index contributed by atoms with van der Waals surface area (Å²) in [5.74, 6) is 0.153. The molecule has 0 amide bonds. The van der Waals surface area contributed by atoms with Crippen LogP contribution in [-0.4, -0.2) is 26.9 Å². The lowest BCUT2D eigenvalue weighted by Gasteiger charge is -2.00. The molecular formula is C12H12BrN3O2. The third-order valence-corrected chi connectivity index (χ3v) is 3.43. The maximum atomic E-state index is 11.6. The number of esters is 1. The lowest BCUT2D eigenvalue weighted by atomic mass is 10.3. The Balaban J connectivity index is 2.05. The molecule has 0 radical (unpaired) electrons. The summed E-state index contributed by atoms with van der Waals surface area (Å²) in [7, 11) is 0. The summed E-state index contributed by atoms with van der Waals surface area (Å²) in [5, 5.41) is 0. The molecule has 0 unspecified atom stereocenters. The first kappa shape index (κ1) is 11.6. The molecule has 0 saturated heterocycles. The van der Waals surface area contributed by atoms with Crippen molar-refractivity contribution in [1.29, 1.82) is 0 Å². The smallest absolute Gasteiger partial charge is 0.358 e. The molecule has 18 heavy (non-hydrogen) atoms. The summed E-state index contributed by atoms with van der Waals surface area (Å²) in [6.45, 7) is 2.12. The minimum Gasteiger partial charge on any atom is -0.461 e. The minimum atomic E-state index is -0.402. The lowest BCUT2D eigenvalue weighted by Crippen LogP contribution is -2.04. The molecule has 0 aliphatic heterocycles. The van der Waals surface area contributed by atoms with Crippen LogP contribution in [0.5, 0.6) is 0 Å². The first-order valence-corrected chi connectivity index (χ1v) is 6.70. The molecule has 1 fully saturated rings. The second-order valence-electron chi connectivity index (χ2n) is 4.31. The fourth-order valence-electron chi connectivity index (χ4n) is 1.86. The Kier molecular flexibility index (Phi) is 2.81. The average Bonchev–Trinajstić information content (AvgIpc) is 3.09. The van der Waals surface area contributed by atoms with Gasteiger partial charge in [0, 0.05) is 18.3 Å². The highest BCUT2D eigenvalue weighted by atomic mass is 79.9. The number of carbonyl (C=O) groups excluding carboxylic acids is 1. The van der Waals surface area contributed by atoms with Crippen LogP contribution in [-0.2, 0) is 4.74 Å². The molecule has 2 heterocycles. The van der Waals surface area contributed by atoms with E-state index in [4.69, 9.17) is 4.74 Å². The molecule has 0 spiro atoms. The van der Waals surface area contributed by atoms with E-state index >= 15 is 0 Å². The Labute approximate surface area is 112 Å². The number of hydrogen-bond acceptors (Lipinski definition) is 4. The summed E-state index contributed by atoms with van der Waals surface area (Å²) in [4.78, 5) is 20.3. The van der Waals surface area contributed by atoms with Crippen LogP contribution in [0.1, 0.15) is 41.9 Å². The van der Waals surface area contributed by atoms with E-state index < -0.39 is 5.97 Å². The Morgan fingerprint density at radius 1 is 1.50 bits per heavy atom. The van der Waals surface area contributed by atoms with Gasteiger partial charge in [0.1, 0.15) is 4.60 Å². The molecule has 1 aliphatic carbocycles. The predicted octanol–water partition coefficient (Wildman–Crippen LogP) is 2.55. The van der Waals surface area contributed by atoms with Crippen molar-refractivity contribution in [3.05, 3.63) is 28.4 Å². The van der Waals surface area contributed by atoms with Gasteiger partial charge in [-0.05, 0) is 35.7 Å². The van der Waals surface area contributed by atoms with Crippen molar-refractivity contribution in [2.75, 3.05) is 6.61 Å². The first-order chi connectivity index (χ1) is 8.69. The van der Waals surface area contributed by atoms with E-state index in [0.29, 0.717) is 28.5 Å². The number of fused-ring (bicyclic) bond motifs is 1. The van der Waals surface area contributed by atoms with E-state index in [1.54, 1.807) is 13.1 Å². The van der Waals surface area contributed by atoms with Gasteiger partial charge in [-0.2, -0.15) is 0 Å². The highest BCUT2D eigenvalue weighted by molar-refractivity contribution is 9.10. The van der Waals surface area contributed by atoms with Gasteiger partial charge in [-0.3, -0.25) is 0 Å². The van der Waals surface area contributed by atoms with E-state index in [2.05, 4.69) is 25.9 Å². The summed E-state index contributed by atoms with van der Waals surface area (Å²) in [5.41, 5.74) is 2.00. The normalized spacial score (nSPS) is 15.0. The zero-order valence-electron chi connectivity index (χ0n) is 9.89. The number of aromatic nitrogens is 3. The van der Waals surface area contributed by atoms with Gasteiger partial charge < -0.3 is 9.14 Å². The number of carbonyl (C=O) groups is 1. The largest absolute Gasteiger partial charge is 0.461 e. The van der Waals surface area contributed by atoms with Crippen molar-refractivity contribution in [2.24, 2.45) is 0 Å². The molecule has 1 aliphatic rings. The topological polar surface area (TPSA) is 56.5 Å². The van der Waals surface area contributed by atoms with Crippen LogP contribution in [0.15, 0.2) is 17.0 Å². The lowest BCUT2D eigenvalue weighted by molar-refractivity contribution is 0.0520. The number of hydrogen-bond donors (Lipinski definition) is 0. The molecule has 94 valence electrons. The van der Waals surface area contributed by atoms with E-state index in [-0.39, 0.29) is 0 Å². The molecule has 5 nitrogen and oxygen atoms in total. The van der Waals surface area contributed by atoms with Crippen LogP contribution in [0.2, 0.25) is 0 Å². The quantitative estimate of drug-likeness (QED) is 0.818. The van der Waals surface area contributed by atoms with Gasteiger partial charge in [-0.25, -0.2) is 14.8 Å². The predicted molar refractivity (Wildman–Crippen MR) is 68.6 cm³/mol. The fraction of sp³-hybridized carbons (Fsp3) is 0.417. The summed E-state index contributed by atoms with van der Waals surface area (Å²) in [6, 6.07) is 0. The van der Waals surface area contributed by atoms with Crippen LogP contribution in [0.25, 0.3) is 5.65 Å². The van der Waals surface area contributed by atoms with Gasteiger partial charge in [-0.1, -0.05) is 0 Å². The Bertz CT molecular complexity index is 619. The molecule has 0 aromatic carbocycles. The van der Waals surface area contributed by atoms with Gasteiger partial charge in [0.2, 0.25) is 0 Å². The maximum absolute atomic E-state index is 11.6. The Morgan fingerprint density at radius 3 is 2.94 bits per heavy atom. The number of ether oxygens (including phenoxy) is 1. The number of imidazole rings is 1. The number of rotatable bonds is 3. The SMILES string of the molecule is CCOC(=O)c1cn2cc(C3CC3)nc(Br)c2n1. The van der Waals surface area contributed by atoms with Crippen LogP contribution in [0.3, 0.4) is 0 Å². The monoisotopic (exact) mass is 309 g/mol. The molecule has 0 bridgehead atoms. The van der Waals surface area contributed by atoms with Gasteiger partial charge in [0.05, 0.1) is 12.3 Å². The van der Waals surface area contributed by atoms with Crippen LogP contribution in [0.4, 0.5) is 0 Å². The number of halogens is 1. The molecular weight excluding hydrogens is 298 g/mol. The molecule has 2 aromatic heterocycles. The minimum absolute atomic E-state index is 0.312. The van der Waals surface area contributed by atoms with Gasteiger partial charge >= 0.3 is 5.97 Å². The van der Waals surface area contributed by atoms with E-state index in [1.165, 1.54) is 12.8 Å².